The zero-order valence-corrected chi connectivity index (χ0v) is 10.7. The number of hydrogen-bond acceptors (Lipinski definition) is 3. The lowest BCUT2D eigenvalue weighted by Gasteiger charge is -2.18. The van der Waals surface area contributed by atoms with Crippen molar-refractivity contribution in [1.82, 2.24) is 0 Å². The third kappa shape index (κ3) is 8.09. The molecule has 0 bridgehead atoms. The van der Waals surface area contributed by atoms with E-state index in [1.807, 2.05) is 0 Å². The van der Waals surface area contributed by atoms with Crippen molar-refractivity contribution in [2.75, 3.05) is 0 Å². The molecule has 0 fully saturated rings. The Morgan fingerprint density at radius 3 is 1.50 bits per heavy atom. The summed E-state index contributed by atoms with van der Waals surface area (Å²) >= 11 is 0. The Bertz CT molecular complexity index is 366. The molecule has 0 aliphatic rings. The van der Waals surface area contributed by atoms with Gasteiger partial charge in [-0.2, -0.15) is 0 Å². The lowest BCUT2D eigenvalue weighted by atomic mass is 9.86. The largest absolute Gasteiger partial charge is 0.481 e. The Labute approximate surface area is 105 Å². The normalized spacial score (nSPS) is 9.72. The quantitative estimate of drug-likeness (QED) is 0.648. The van der Waals surface area contributed by atoms with E-state index < -0.39 is 23.3 Å². The summed E-state index contributed by atoms with van der Waals surface area (Å²) < 4.78 is 0. The fourth-order valence-electron chi connectivity index (χ4n) is 0.685. The predicted octanol–water partition coefficient (Wildman–Crippen LogP) is 1.78. The van der Waals surface area contributed by atoms with Crippen LogP contribution in [0.4, 0.5) is 0 Å². The molecule has 18 heavy (non-hydrogen) atoms. The number of aliphatic carboxylic acids is 3. The highest BCUT2D eigenvalue weighted by Gasteiger charge is 2.29. The molecular weight excluding hydrogens is 240 g/mol. The summed E-state index contributed by atoms with van der Waals surface area (Å²) in [4.78, 5) is 30.5. The van der Waals surface area contributed by atoms with Crippen LogP contribution >= 0.6 is 0 Å². The highest BCUT2D eigenvalue weighted by Crippen LogP contribution is 2.24. The summed E-state index contributed by atoms with van der Waals surface area (Å²) in [5.74, 6) is -3.11. The molecule has 0 aliphatic heterocycles. The van der Waals surface area contributed by atoms with Crippen LogP contribution in [0, 0.1) is 5.41 Å². The van der Waals surface area contributed by atoms with Gasteiger partial charge >= 0.3 is 17.9 Å². The molecule has 0 amide bonds. The number of hydrogen-bond donors (Lipinski definition) is 3. The van der Waals surface area contributed by atoms with E-state index in [0.29, 0.717) is 0 Å². The summed E-state index contributed by atoms with van der Waals surface area (Å²) in [5, 5.41) is 25.0. The molecule has 102 valence electrons. The minimum absolute atomic E-state index is 0.0440. The SMILES string of the molecule is C=C(C)C(=O)O.C=C(CC(C)(C)C(=O)O)C(=O)O. The molecule has 0 heterocycles. The maximum atomic E-state index is 10.5. The Balaban J connectivity index is 0. The van der Waals surface area contributed by atoms with Crippen molar-refractivity contribution in [3.05, 3.63) is 24.3 Å². The summed E-state index contributed by atoms with van der Waals surface area (Å²) in [6.07, 6.45) is -0.0440. The van der Waals surface area contributed by atoms with Gasteiger partial charge in [0.25, 0.3) is 0 Å². The third-order valence-corrected chi connectivity index (χ3v) is 1.90. The summed E-state index contributed by atoms with van der Waals surface area (Å²) in [5.41, 5.74) is -0.965. The molecule has 6 nitrogen and oxygen atoms in total. The number of carboxylic acids is 3. The number of carbonyl (C=O) groups is 3. The molecule has 0 radical (unpaired) electrons. The van der Waals surface area contributed by atoms with Crippen LogP contribution < -0.4 is 0 Å². The Morgan fingerprint density at radius 2 is 1.33 bits per heavy atom. The Hall–Kier alpha value is -2.11. The third-order valence-electron chi connectivity index (χ3n) is 1.90. The molecule has 0 unspecified atom stereocenters. The van der Waals surface area contributed by atoms with Gasteiger partial charge in [-0.1, -0.05) is 13.2 Å². The molecule has 6 heteroatoms. The molecule has 0 aromatic heterocycles. The second kappa shape index (κ2) is 7.26. The predicted molar refractivity (Wildman–Crippen MR) is 65.3 cm³/mol. The zero-order chi connectivity index (χ0) is 15.1. The van der Waals surface area contributed by atoms with E-state index >= 15 is 0 Å². The van der Waals surface area contributed by atoms with Crippen LogP contribution in [0.15, 0.2) is 24.3 Å². The van der Waals surface area contributed by atoms with Gasteiger partial charge in [0.05, 0.1) is 5.41 Å². The van der Waals surface area contributed by atoms with E-state index in [0.717, 1.165) is 0 Å². The van der Waals surface area contributed by atoms with Crippen LogP contribution in [0.1, 0.15) is 27.2 Å². The Morgan fingerprint density at radius 1 is 1.00 bits per heavy atom. The molecular formula is C12H18O6. The van der Waals surface area contributed by atoms with Crippen molar-refractivity contribution >= 4 is 17.9 Å². The summed E-state index contributed by atoms with van der Waals surface area (Å²) in [6, 6.07) is 0. The van der Waals surface area contributed by atoms with Crippen LogP contribution in [0.5, 0.6) is 0 Å². The molecule has 0 aliphatic carbocycles. The Kier molecular flexibility index (Phi) is 7.37. The van der Waals surface area contributed by atoms with Crippen LogP contribution in [0.25, 0.3) is 0 Å². The zero-order valence-electron chi connectivity index (χ0n) is 10.7. The van der Waals surface area contributed by atoms with Gasteiger partial charge in [0.15, 0.2) is 0 Å². The maximum Gasteiger partial charge on any atom is 0.330 e. The van der Waals surface area contributed by atoms with E-state index in [9.17, 15) is 14.4 Å². The molecule has 0 atom stereocenters. The second-order valence-electron chi connectivity index (χ2n) is 4.36. The molecule has 0 saturated heterocycles. The van der Waals surface area contributed by atoms with Gasteiger partial charge in [-0.25, -0.2) is 9.59 Å². The van der Waals surface area contributed by atoms with Crippen molar-refractivity contribution in [2.45, 2.75) is 27.2 Å². The van der Waals surface area contributed by atoms with Crippen LogP contribution in [0.2, 0.25) is 0 Å². The first-order valence-corrected chi connectivity index (χ1v) is 4.95. The van der Waals surface area contributed by atoms with Gasteiger partial charge in [0.2, 0.25) is 0 Å². The van der Waals surface area contributed by atoms with E-state index in [-0.39, 0.29) is 17.6 Å². The minimum Gasteiger partial charge on any atom is -0.481 e. The first-order chi connectivity index (χ1) is 7.91. The fraction of sp³-hybridized carbons (Fsp3) is 0.417. The number of rotatable bonds is 5. The maximum absolute atomic E-state index is 10.5. The lowest BCUT2D eigenvalue weighted by molar-refractivity contribution is -0.147. The summed E-state index contributed by atoms with van der Waals surface area (Å²) in [7, 11) is 0. The molecule has 0 spiro atoms. The highest BCUT2D eigenvalue weighted by atomic mass is 16.4. The molecule has 0 rings (SSSR count). The molecule has 0 aromatic carbocycles. The first kappa shape index (κ1) is 18.3. The van der Waals surface area contributed by atoms with Crippen molar-refractivity contribution < 1.29 is 29.7 Å². The van der Waals surface area contributed by atoms with Gasteiger partial charge in [-0.15, -0.1) is 0 Å². The van der Waals surface area contributed by atoms with Gasteiger partial charge in [-0.05, 0) is 27.2 Å². The lowest BCUT2D eigenvalue weighted by Crippen LogP contribution is -2.25. The minimum atomic E-state index is -1.15. The topological polar surface area (TPSA) is 112 Å². The molecule has 0 aromatic rings. The van der Waals surface area contributed by atoms with Gasteiger partial charge in [0, 0.05) is 11.1 Å². The summed E-state index contributed by atoms with van der Waals surface area (Å²) in [6.45, 7) is 10.8. The fourth-order valence-corrected chi connectivity index (χ4v) is 0.685. The van der Waals surface area contributed by atoms with Gasteiger partial charge in [0.1, 0.15) is 0 Å². The first-order valence-electron chi connectivity index (χ1n) is 4.95. The van der Waals surface area contributed by atoms with Crippen LogP contribution in [0.3, 0.4) is 0 Å². The second-order valence-corrected chi connectivity index (χ2v) is 4.36. The van der Waals surface area contributed by atoms with Crippen molar-refractivity contribution in [3.8, 4) is 0 Å². The standard InChI is InChI=1S/C8H12O4.C4H6O2/c1-5(6(9)10)4-8(2,3)7(11)12;1-3(2)4(5)6/h1,4H2,2-3H3,(H,9,10)(H,11,12);1H2,2H3,(H,5,6). The van der Waals surface area contributed by atoms with Crippen molar-refractivity contribution in [3.63, 3.8) is 0 Å². The van der Waals surface area contributed by atoms with E-state index in [1.165, 1.54) is 20.8 Å². The molecule has 0 saturated carbocycles. The van der Waals surface area contributed by atoms with E-state index in [1.54, 1.807) is 0 Å². The monoisotopic (exact) mass is 258 g/mol. The highest BCUT2D eigenvalue weighted by molar-refractivity contribution is 5.87. The molecule has 3 N–H and O–H groups in total. The van der Waals surface area contributed by atoms with Crippen molar-refractivity contribution in [1.29, 1.82) is 0 Å². The van der Waals surface area contributed by atoms with E-state index in [2.05, 4.69) is 13.2 Å². The average molecular weight is 258 g/mol. The average Bonchev–Trinajstić information content (AvgIpc) is 2.17. The van der Waals surface area contributed by atoms with Crippen molar-refractivity contribution in [2.24, 2.45) is 5.41 Å². The smallest absolute Gasteiger partial charge is 0.330 e. The van der Waals surface area contributed by atoms with E-state index in [4.69, 9.17) is 15.3 Å². The number of carboxylic acid groups (broad SMARTS) is 3. The van der Waals surface area contributed by atoms with Gasteiger partial charge in [-0.3, -0.25) is 4.79 Å². The van der Waals surface area contributed by atoms with Crippen LogP contribution in [-0.4, -0.2) is 33.2 Å². The van der Waals surface area contributed by atoms with Crippen LogP contribution in [-0.2, 0) is 14.4 Å². The van der Waals surface area contributed by atoms with Gasteiger partial charge < -0.3 is 15.3 Å².